The molecule has 0 N–H and O–H groups in total. The molecule has 0 amide bonds. The minimum absolute atomic E-state index is 0.0257. The Labute approximate surface area is 218 Å². The van der Waals surface area contributed by atoms with Gasteiger partial charge in [0, 0.05) is 5.56 Å². The highest BCUT2D eigenvalue weighted by atomic mass is 19.2. The van der Waals surface area contributed by atoms with Crippen molar-refractivity contribution in [3.05, 3.63) is 53.6 Å². The average molecular weight is 497 g/mol. The van der Waals surface area contributed by atoms with Crippen molar-refractivity contribution < 1.29 is 13.5 Å². The summed E-state index contributed by atoms with van der Waals surface area (Å²) in [5, 5.41) is 0. The van der Waals surface area contributed by atoms with E-state index < -0.39 is 11.6 Å². The van der Waals surface area contributed by atoms with Crippen LogP contribution in [0.15, 0.2) is 36.4 Å². The highest BCUT2D eigenvalue weighted by Gasteiger charge is 2.25. The van der Waals surface area contributed by atoms with Gasteiger partial charge in [-0.1, -0.05) is 95.4 Å². The summed E-state index contributed by atoms with van der Waals surface area (Å²) >= 11 is 0. The van der Waals surface area contributed by atoms with Gasteiger partial charge in [-0.05, 0) is 79.5 Å². The molecule has 2 aromatic carbocycles. The van der Waals surface area contributed by atoms with Crippen LogP contribution in [0.5, 0.6) is 5.75 Å². The maximum atomic E-state index is 14.6. The molecule has 2 fully saturated rings. The fourth-order valence-corrected chi connectivity index (χ4v) is 6.70. The third kappa shape index (κ3) is 7.11. The van der Waals surface area contributed by atoms with Crippen LogP contribution < -0.4 is 4.74 Å². The van der Waals surface area contributed by atoms with Crippen molar-refractivity contribution in [3.63, 3.8) is 0 Å². The molecule has 0 heterocycles. The molecular formula is C33H46F2O. The fourth-order valence-electron chi connectivity index (χ4n) is 6.70. The second-order valence-electron chi connectivity index (χ2n) is 11.5. The molecule has 2 saturated carbocycles. The van der Waals surface area contributed by atoms with Crippen LogP contribution in [0.3, 0.4) is 0 Å². The van der Waals surface area contributed by atoms with Crippen LogP contribution in [0.1, 0.15) is 115 Å². The Morgan fingerprint density at radius 2 is 1.25 bits per heavy atom. The Balaban J connectivity index is 1.21. The summed E-state index contributed by atoms with van der Waals surface area (Å²) in [4.78, 5) is 0. The Kier molecular flexibility index (Phi) is 10.2. The lowest BCUT2D eigenvalue weighted by Gasteiger charge is -2.32. The molecule has 36 heavy (non-hydrogen) atoms. The lowest BCUT2D eigenvalue weighted by atomic mass is 9.74. The normalized spacial score (nSPS) is 24.6. The van der Waals surface area contributed by atoms with Gasteiger partial charge in [0.05, 0.1) is 6.61 Å². The van der Waals surface area contributed by atoms with Gasteiger partial charge in [0.1, 0.15) is 0 Å². The third-order valence-corrected chi connectivity index (χ3v) is 9.05. The molecule has 0 bridgehead atoms. The van der Waals surface area contributed by atoms with E-state index in [0.717, 1.165) is 17.8 Å². The zero-order chi connectivity index (χ0) is 25.3. The predicted octanol–water partition coefficient (Wildman–Crippen LogP) is 10.5. The molecule has 4 rings (SSSR count). The Hall–Kier alpha value is -1.90. The summed E-state index contributed by atoms with van der Waals surface area (Å²) < 4.78 is 34.1. The molecule has 0 spiro atoms. The first-order chi connectivity index (χ1) is 17.6. The number of hydrogen-bond acceptors (Lipinski definition) is 1. The van der Waals surface area contributed by atoms with Gasteiger partial charge in [-0.15, -0.1) is 0 Å². The van der Waals surface area contributed by atoms with Crippen LogP contribution in [-0.4, -0.2) is 6.61 Å². The molecule has 2 aromatic rings. The molecule has 0 aliphatic heterocycles. The monoisotopic (exact) mass is 496 g/mol. The summed E-state index contributed by atoms with van der Waals surface area (Å²) in [6.45, 7) is 4.38. The van der Waals surface area contributed by atoms with Crippen LogP contribution in [0.4, 0.5) is 8.78 Å². The molecular weight excluding hydrogens is 450 g/mol. The second kappa shape index (κ2) is 13.6. The first-order valence-corrected chi connectivity index (χ1v) is 14.8. The lowest BCUT2D eigenvalue weighted by molar-refractivity contribution is 0.222. The Morgan fingerprint density at radius 3 is 1.83 bits per heavy atom. The summed E-state index contributed by atoms with van der Waals surface area (Å²) in [7, 11) is 0. The van der Waals surface area contributed by atoms with Crippen molar-refractivity contribution in [1.82, 2.24) is 0 Å². The number of ether oxygens (including phenoxy) is 1. The number of benzene rings is 2. The van der Waals surface area contributed by atoms with Crippen LogP contribution in [0.2, 0.25) is 0 Å². The number of halogens is 2. The van der Waals surface area contributed by atoms with Crippen molar-refractivity contribution in [2.75, 3.05) is 6.61 Å². The fraction of sp³-hybridized carbons (Fsp3) is 0.636. The van der Waals surface area contributed by atoms with Crippen molar-refractivity contribution in [1.29, 1.82) is 0 Å². The smallest absolute Gasteiger partial charge is 0.201 e. The first-order valence-electron chi connectivity index (χ1n) is 14.8. The van der Waals surface area contributed by atoms with E-state index in [4.69, 9.17) is 4.74 Å². The van der Waals surface area contributed by atoms with Gasteiger partial charge in [-0.2, -0.15) is 4.39 Å². The van der Waals surface area contributed by atoms with Crippen LogP contribution in [-0.2, 0) is 0 Å². The van der Waals surface area contributed by atoms with Crippen LogP contribution in [0.25, 0.3) is 11.1 Å². The minimum atomic E-state index is -0.906. The van der Waals surface area contributed by atoms with E-state index >= 15 is 0 Å². The van der Waals surface area contributed by atoms with E-state index in [1.54, 1.807) is 13.0 Å². The summed E-state index contributed by atoms with van der Waals surface area (Å²) in [6, 6.07) is 11.3. The quantitative estimate of drug-likeness (QED) is 0.281. The number of hydrogen-bond donors (Lipinski definition) is 0. The zero-order valence-electron chi connectivity index (χ0n) is 22.5. The molecule has 3 heteroatoms. The van der Waals surface area contributed by atoms with Gasteiger partial charge >= 0.3 is 0 Å². The van der Waals surface area contributed by atoms with Crippen molar-refractivity contribution in [2.45, 2.75) is 110 Å². The van der Waals surface area contributed by atoms with E-state index in [2.05, 4.69) is 19.1 Å². The van der Waals surface area contributed by atoms with Crippen molar-refractivity contribution in [3.8, 4) is 16.9 Å². The highest BCUT2D eigenvalue weighted by molar-refractivity contribution is 5.65. The molecule has 2 aliphatic carbocycles. The minimum Gasteiger partial charge on any atom is -0.491 e. The highest BCUT2D eigenvalue weighted by Crippen LogP contribution is 2.41. The van der Waals surface area contributed by atoms with E-state index in [-0.39, 0.29) is 5.75 Å². The van der Waals surface area contributed by atoms with E-state index in [1.807, 2.05) is 12.1 Å². The van der Waals surface area contributed by atoms with Gasteiger partial charge in [0.25, 0.3) is 0 Å². The molecule has 0 unspecified atom stereocenters. The molecule has 0 saturated heterocycles. The van der Waals surface area contributed by atoms with Gasteiger partial charge < -0.3 is 4.74 Å². The van der Waals surface area contributed by atoms with E-state index in [9.17, 15) is 8.78 Å². The number of unbranched alkanes of at least 4 members (excludes halogenated alkanes) is 2. The Bertz CT molecular complexity index is 921. The first kappa shape index (κ1) is 27.1. The molecule has 0 radical (unpaired) electrons. The molecule has 1 nitrogen and oxygen atoms in total. The zero-order valence-corrected chi connectivity index (χ0v) is 22.5. The SMILES string of the molecule is CCCCCC1CCC(CCC2CCC(c3ccc(-c4ccc(OCC)c(F)c4F)cc3)CC2)CC1. The third-order valence-electron chi connectivity index (χ3n) is 9.05. The second-order valence-corrected chi connectivity index (χ2v) is 11.5. The molecule has 2 aliphatic rings. The topological polar surface area (TPSA) is 9.23 Å². The van der Waals surface area contributed by atoms with Gasteiger partial charge in [-0.3, -0.25) is 0 Å². The maximum Gasteiger partial charge on any atom is 0.201 e. The standard InChI is InChI=1S/C33H46F2O/c1-3-5-6-7-24-8-10-25(11-9-24)12-13-26-14-16-27(17-15-26)28-18-20-29(21-19-28)30-22-23-31(36-4-2)33(35)32(30)34/h18-27H,3-17H2,1-2H3. The van der Waals surface area contributed by atoms with Crippen molar-refractivity contribution >= 4 is 0 Å². The van der Waals surface area contributed by atoms with Crippen LogP contribution in [0, 0.1) is 29.4 Å². The van der Waals surface area contributed by atoms with Gasteiger partial charge in [-0.25, -0.2) is 4.39 Å². The lowest BCUT2D eigenvalue weighted by Crippen LogP contribution is -2.17. The van der Waals surface area contributed by atoms with Crippen molar-refractivity contribution in [2.24, 2.45) is 17.8 Å². The molecule has 0 atom stereocenters. The number of rotatable bonds is 11. The maximum absolute atomic E-state index is 14.6. The van der Waals surface area contributed by atoms with Crippen LogP contribution >= 0.6 is 0 Å². The van der Waals surface area contributed by atoms with Gasteiger partial charge in [0.15, 0.2) is 11.6 Å². The summed E-state index contributed by atoms with van der Waals surface area (Å²) in [6.07, 6.45) is 19.6. The predicted molar refractivity (Wildman–Crippen MR) is 146 cm³/mol. The van der Waals surface area contributed by atoms with E-state index in [1.165, 1.54) is 102 Å². The molecule has 198 valence electrons. The van der Waals surface area contributed by atoms with E-state index in [0.29, 0.717) is 23.7 Å². The average Bonchev–Trinajstić information content (AvgIpc) is 2.92. The Morgan fingerprint density at radius 1 is 0.667 bits per heavy atom. The molecule has 0 aromatic heterocycles. The summed E-state index contributed by atoms with van der Waals surface area (Å²) in [5.74, 6) is 1.71. The van der Waals surface area contributed by atoms with Gasteiger partial charge in [0.2, 0.25) is 5.82 Å². The largest absolute Gasteiger partial charge is 0.491 e. The summed E-state index contributed by atoms with van der Waals surface area (Å²) in [5.41, 5.74) is 2.35.